The van der Waals surface area contributed by atoms with E-state index < -0.39 is 29.6 Å². The molecule has 2 aliphatic heterocycles. The van der Waals surface area contributed by atoms with Crippen molar-refractivity contribution in [3.05, 3.63) is 94.4 Å². The topological polar surface area (TPSA) is 125 Å². The van der Waals surface area contributed by atoms with Gasteiger partial charge in [0.05, 0.1) is 23.7 Å². The summed E-state index contributed by atoms with van der Waals surface area (Å²) in [5.41, 5.74) is 3.14. The Morgan fingerprint density at radius 2 is 1.68 bits per heavy atom. The largest absolute Gasteiger partial charge is 0.488 e. The number of aromatic carboxylic acids is 1. The van der Waals surface area contributed by atoms with Crippen LogP contribution in [0.3, 0.4) is 0 Å². The molecule has 41 heavy (non-hydrogen) atoms. The lowest BCUT2D eigenvalue weighted by Crippen LogP contribution is -2.36. The molecule has 2 N–H and O–H groups in total. The second-order valence-electron chi connectivity index (χ2n) is 9.29. The first kappa shape index (κ1) is 27.9. The Kier molecular flexibility index (Phi) is 8.66. The average molecular weight is 574 g/mol. The van der Waals surface area contributed by atoms with Gasteiger partial charge in [-0.1, -0.05) is 30.3 Å². The molecule has 10 nitrogen and oxygen atoms in total. The number of hydrogen-bond acceptors (Lipinski definition) is 8. The molecule has 0 spiro atoms. The standard InChI is InChI=1S/C30H27N3O7S/c34-27(31-23-9-11-24(12-10-23)32-13-15-39-16-14-32)18-33-28(35)26(41-30(33)38)17-22-3-1-2-4-25(22)40-19-20-5-7-21(8-6-20)29(36)37/h1-12,17H,13-16,18-19H2,(H,31,34)(H,36,37)/b26-17-. The Bertz CT molecular complexity index is 1480. The Morgan fingerprint density at radius 3 is 2.39 bits per heavy atom. The van der Waals surface area contributed by atoms with Gasteiger partial charge in [0, 0.05) is 30.0 Å². The third-order valence-corrected chi connectivity index (χ3v) is 7.41. The number of ether oxygens (including phenoxy) is 2. The summed E-state index contributed by atoms with van der Waals surface area (Å²) in [6.07, 6.45) is 1.57. The maximum Gasteiger partial charge on any atom is 0.335 e. The molecule has 0 atom stereocenters. The van der Waals surface area contributed by atoms with E-state index in [9.17, 15) is 19.2 Å². The number of para-hydroxylation sites is 1. The number of hydrogen-bond donors (Lipinski definition) is 2. The van der Waals surface area contributed by atoms with Crippen molar-refractivity contribution in [1.82, 2.24) is 4.90 Å². The molecule has 0 aliphatic carbocycles. The summed E-state index contributed by atoms with van der Waals surface area (Å²) in [6, 6.07) is 20.8. The number of carboxylic acids is 1. The van der Waals surface area contributed by atoms with Crippen LogP contribution in [0, 0.1) is 0 Å². The Labute approximate surface area is 240 Å². The fraction of sp³-hybridized carbons (Fsp3) is 0.200. The van der Waals surface area contributed by atoms with E-state index in [1.165, 1.54) is 12.1 Å². The molecule has 3 aromatic carbocycles. The summed E-state index contributed by atoms with van der Waals surface area (Å²) in [4.78, 5) is 52.7. The predicted octanol–water partition coefficient (Wildman–Crippen LogP) is 4.48. The van der Waals surface area contributed by atoms with Crippen LogP contribution in [-0.4, -0.2) is 65.9 Å². The zero-order valence-electron chi connectivity index (χ0n) is 21.9. The summed E-state index contributed by atoms with van der Waals surface area (Å²) in [7, 11) is 0. The van der Waals surface area contributed by atoms with Gasteiger partial charge in [-0.3, -0.25) is 19.3 Å². The second kappa shape index (κ2) is 12.7. The monoisotopic (exact) mass is 573 g/mol. The minimum absolute atomic E-state index is 0.180. The third kappa shape index (κ3) is 6.94. The van der Waals surface area contributed by atoms with Gasteiger partial charge in [0.2, 0.25) is 5.91 Å². The maximum atomic E-state index is 13.0. The average Bonchev–Trinajstić information content (AvgIpc) is 3.25. The van der Waals surface area contributed by atoms with Crippen molar-refractivity contribution in [1.29, 1.82) is 0 Å². The van der Waals surface area contributed by atoms with Crippen LogP contribution in [0.1, 0.15) is 21.5 Å². The van der Waals surface area contributed by atoms with E-state index in [1.807, 2.05) is 12.1 Å². The number of nitrogens with zero attached hydrogens (tertiary/aromatic N) is 2. The lowest BCUT2D eigenvalue weighted by Gasteiger charge is -2.28. The SMILES string of the molecule is O=C(CN1C(=O)S/C(=C\c2ccccc2OCc2ccc(C(=O)O)cc2)C1=O)Nc1ccc(N2CCOCC2)cc1. The Balaban J connectivity index is 1.20. The van der Waals surface area contributed by atoms with Crippen LogP contribution in [0.25, 0.3) is 6.08 Å². The van der Waals surface area contributed by atoms with Crippen LogP contribution in [0.2, 0.25) is 0 Å². The smallest absolute Gasteiger partial charge is 0.335 e. The number of thioether (sulfide) groups is 1. The third-order valence-electron chi connectivity index (χ3n) is 6.50. The molecule has 3 amide bonds. The Hall–Kier alpha value is -4.61. The first-order valence-corrected chi connectivity index (χ1v) is 13.7. The minimum Gasteiger partial charge on any atom is -0.488 e. The molecule has 0 bridgehead atoms. The van der Waals surface area contributed by atoms with Crippen LogP contribution in [0.5, 0.6) is 5.75 Å². The predicted molar refractivity (Wildman–Crippen MR) is 155 cm³/mol. The normalized spacial score (nSPS) is 16.2. The van der Waals surface area contributed by atoms with Crippen molar-refractivity contribution in [2.75, 3.05) is 43.1 Å². The molecule has 0 aromatic heterocycles. The molecular formula is C30H27N3O7S. The fourth-order valence-electron chi connectivity index (χ4n) is 4.33. The molecule has 2 saturated heterocycles. The van der Waals surface area contributed by atoms with Crippen molar-refractivity contribution in [3.8, 4) is 5.75 Å². The molecule has 5 rings (SSSR count). The van der Waals surface area contributed by atoms with E-state index >= 15 is 0 Å². The van der Waals surface area contributed by atoms with Gasteiger partial charge in [-0.25, -0.2) is 4.79 Å². The van der Waals surface area contributed by atoms with Crippen LogP contribution in [-0.2, 0) is 20.9 Å². The maximum absolute atomic E-state index is 13.0. The number of nitrogens with one attached hydrogen (secondary N) is 1. The van der Waals surface area contributed by atoms with Gasteiger partial charge in [-0.05, 0) is 65.9 Å². The number of amides is 3. The summed E-state index contributed by atoms with van der Waals surface area (Å²) < 4.78 is 11.3. The molecule has 2 fully saturated rings. The zero-order valence-corrected chi connectivity index (χ0v) is 22.8. The molecule has 210 valence electrons. The first-order valence-electron chi connectivity index (χ1n) is 12.9. The number of carboxylic acid groups (broad SMARTS) is 1. The van der Waals surface area contributed by atoms with Gasteiger partial charge in [0.1, 0.15) is 18.9 Å². The zero-order chi connectivity index (χ0) is 28.8. The lowest BCUT2D eigenvalue weighted by molar-refractivity contribution is -0.127. The van der Waals surface area contributed by atoms with Gasteiger partial charge in [-0.2, -0.15) is 0 Å². The van der Waals surface area contributed by atoms with E-state index in [-0.39, 0.29) is 17.1 Å². The van der Waals surface area contributed by atoms with Crippen LogP contribution in [0.15, 0.2) is 77.7 Å². The highest BCUT2D eigenvalue weighted by Gasteiger charge is 2.36. The van der Waals surface area contributed by atoms with E-state index in [2.05, 4.69) is 10.2 Å². The van der Waals surface area contributed by atoms with Gasteiger partial charge in [-0.15, -0.1) is 0 Å². The highest BCUT2D eigenvalue weighted by Crippen LogP contribution is 2.34. The number of morpholine rings is 1. The minimum atomic E-state index is -1.01. The molecule has 2 heterocycles. The van der Waals surface area contributed by atoms with Crippen molar-refractivity contribution < 1.29 is 33.8 Å². The first-order chi connectivity index (χ1) is 19.9. The van der Waals surface area contributed by atoms with Gasteiger partial charge < -0.3 is 24.8 Å². The van der Waals surface area contributed by atoms with Crippen molar-refractivity contribution in [2.45, 2.75) is 6.61 Å². The van der Waals surface area contributed by atoms with E-state index in [4.69, 9.17) is 14.6 Å². The molecule has 0 saturated carbocycles. The molecule has 2 aliphatic rings. The van der Waals surface area contributed by atoms with E-state index in [1.54, 1.807) is 54.6 Å². The van der Waals surface area contributed by atoms with Crippen molar-refractivity contribution >= 4 is 52.2 Å². The molecule has 3 aromatic rings. The van der Waals surface area contributed by atoms with Crippen LogP contribution in [0.4, 0.5) is 16.2 Å². The summed E-state index contributed by atoms with van der Waals surface area (Å²) in [5.74, 6) is -1.56. The lowest BCUT2D eigenvalue weighted by atomic mass is 10.1. The number of imide groups is 1. The van der Waals surface area contributed by atoms with Crippen LogP contribution >= 0.6 is 11.8 Å². The fourth-order valence-corrected chi connectivity index (χ4v) is 5.16. The van der Waals surface area contributed by atoms with Gasteiger partial charge in [0.25, 0.3) is 11.1 Å². The quantitative estimate of drug-likeness (QED) is 0.357. The van der Waals surface area contributed by atoms with Gasteiger partial charge in [0.15, 0.2) is 0 Å². The summed E-state index contributed by atoms with van der Waals surface area (Å²) in [6.45, 7) is 2.73. The van der Waals surface area contributed by atoms with Crippen molar-refractivity contribution in [3.63, 3.8) is 0 Å². The highest BCUT2D eigenvalue weighted by atomic mass is 32.2. The number of benzene rings is 3. The molecule has 11 heteroatoms. The molecular weight excluding hydrogens is 546 g/mol. The molecule has 0 radical (unpaired) electrons. The molecule has 0 unspecified atom stereocenters. The van der Waals surface area contributed by atoms with E-state index in [0.29, 0.717) is 30.2 Å². The summed E-state index contributed by atoms with van der Waals surface area (Å²) in [5, 5.41) is 11.3. The Morgan fingerprint density at radius 1 is 0.976 bits per heavy atom. The van der Waals surface area contributed by atoms with Gasteiger partial charge >= 0.3 is 5.97 Å². The number of carbonyl (C=O) groups excluding carboxylic acids is 3. The number of anilines is 2. The second-order valence-corrected chi connectivity index (χ2v) is 10.3. The van der Waals surface area contributed by atoms with Crippen molar-refractivity contribution in [2.24, 2.45) is 0 Å². The summed E-state index contributed by atoms with van der Waals surface area (Å²) >= 11 is 0.762. The van der Waals surface area contributed by atoms with Crippen LogP contribution < -0.4 is 15.0 Å². The number of carbonyl (C=O) groups is 4. The number of rotatable bonds is 9. The van der Waals surface area contributed by atoms with E-state index in [0.717, 1.165) is 41.0 Å². The highest BCUT2D eigenvalue weighted by molar-refractivity contribution is 8.18.